The van der Waals surface area contributed by atoms with Gasteiger partial charge >= 0.3 is 12.1 Å². The summed E-state index contributed by atoms with van der Waals surface area (Å²) in [4.78, 5) is 46.6. The van der Waals surface area contributed by atoms with Crippen molar-refractivity contribution in [2.75, 3.05) is 40.0 Å². The molecule has 3 aliphatic rings. The summed E-state index contributed by atoms with van der Waals surface area (Å²) in [5.74, 6) is -3.94. The first-order valence-electron chi connectivity index (χ1n) is 23.4. The molecule has 2 aromatic carbocycles. The van der Waals surface area contributed by atoms with Crippen molar-refractivity contribution in [3.8, 4) is 11.3 Å². The number of amides is 1. The number of aromatic nitrogens is 3. The molecule has 66 heavy (non-hydrogen) atoms. The molecule has 1 amide bonds. The SMILES string of the molecule is CC[C@H]1OC(=O)[C@@](C)(F)C(=O)[C@H](C)[C@@H](O[C@@H]2O[C@H](C)CC(N(C)C)C2O)[C@](C)(OC)C[C@@H](C)CN[C@H](Cc2ccccc2)[C@H]2N(CCCCn3cc(-c4cccc(N)c4)nn3)C(=O)O[C@]12C. The number of ketones is 1. The van der Waals surface area contributed by atoms with Gasteiger partial charge in [-0.3, -0.25) is 14.4 Å². The van der Waals surface area contributed by atoms with E-state index in [9.17, 15) is 19.5 Å². The number of aryl methyl sites for hydroxylation is 1. The number of benzene rings is 2. The van der Waals surface area contributed by atoms with Crippen LogP contribution >= 0.6 is 0 Å². The van der Waals surface area contributed by atoms with E-state index >= 15 is 4.39 Å². The number of nitrogen functional groups attached to an aromatic ring is 1. The molecule has 3 aromatic rings. The maximum atomic E-state index is 17.3. The Balaban J connectivity index is 1.34. The van der Waals surface area contributed by atoms with Gasteiger partial charge in [-0.15, -0.1) is 5.10 Å². The summed E-state index contributed by atoms with van der Waals surface area (Å²) in [6.07, 6.45) is -1.01. The Hall–Kier alpha value is -4.52. The number of carbonyl (C=O) groups excluding carboxylic acids is 3. The molecular weight excluding hydrogens is 850 g/mol. The number of aliphatic hydroxyl groups is 1. The van der Waals surface area contributed by atoms with Crippen LogP contribution in [0, 0.1) is 11.8 Å². The van der Waals surface area contributed by atoms with Crippen LogP contribution in [0.25, 0.3) is 11.3 Å². The van der Waals surface area contributed by atoms with Crippen molar-refractivity contribution >= 4 is 23.5 Å². The number of Topliss-reactive ketones (excluding diaryl/α,β-unsaturated/α-hetero) is 1. The van der Waals surface area contributed by atoms with Gasteiger partial charge in [0, 0.05) is 49.5 Å². The highest BCUT2D eigenvalue weighted by molar-refractivity contribution is 6.07. The fourth-order valence-electron chi connectivity index (χ4n) is 10.3. The number of aliphatic hydroxyl groups excluding tert-OH is 1. The van der Waals surface area contributed by atoms with Crippen molar-refractivity contribution in [1.82, 2.24) is 30.1 Å². The van der Waals surface area contributed by atoms with Crippen LogP contribution in [0.1, 0.15) is 86.1 Å². The number of cyclic esters (lactones) is 1. The minimum atomic E-state index is -3.16. The van der Waals surface area contributed by atoms with Gasteiger partial charge < -0.3 is 44.7 Å². The van der Waals surface area contributed by atoms with Crippen LogP contribution in [0.4, 0.5) is 14.9 Å². The second kappa shape index (κ2) is 21.2. The number of nitrogens with two attached hydrogens (primary N) is 1. The monoisotopic (exact) mass is 922 g/mol. The first-order chi connectivity index (χ1) is 31.2. The quantitative estimate of drug-likeness (QED) is 0.0831. The predicted octanol–water partition coefficient (Wildman–Crippen LogP) is 5.60. The molecule has 0 saturated carbocycles. The molecule has 16 nitrogen and oxygen atoms in total. The zero-order valence-corrected chi connectivity index (χ0v) is 40.3. The van der Waals surface area contributed by atoms with Crippen molar-refractivity contribution in [3.63, 3.8) is 0 Å². The third kappa shape index (κ3) is 11.1. The molecule has 0 radical (unpaired) electrons. The third-order valence-electron chi connectivity index (χ3n) is 14.0. The fraction of sp³-hybridized carbons (Fsp3) is 0.653. The number of methoxy groups -OCH3 is 1. The van der Waals surface area contributed by atoms with Crippen LogP contribution in [0.2, 0.25) is 0 Å². The van der Waals surface area contributed by atoms with E-state index in [4.69, 9.17) is 29.4 Å². The van der Waals surface area contributed by atoms with Gasteiger partial charge in [-0.05, 0) is 110 Å². The molecule has 0 bridgehead atoms. The zero-order chi connectivity index (χ0) is 48.1. The largest absolute Gasteiger partial charge is 0.455 e. The number of nitrogens with zero attached hydrogens (tertiary/aromatic N) is 5. The smallest absolute Gasteiger partial charge is 0.410 e. The van der Waals surface area contributed by atoms with Gasteiger partial charge in [0.2, 0.25) is 0 Å². The second-order valence-electron chi connectivity index (χ2n) is 19.5. The van der Waals surface area contributed by atoms with E-state index in [1.54, 1.807) is 30.4 Å². The number of fused-ring (bicyclic) bond motifs is 1. The van der Waals surface area contributed by atoms with E-state index < -0.39 is 77.3 Å². The van der Waals surface area contributed by atoms with Gasteiger partial charge in [0.25, 0.3) is 5.67 Å². The van der Waals surface area contributed by atoms with E-state index in [1.807, 2.05) is 93.6 Å². The zero-order valence-electron chi connectivity index (χ0n) is 40.3. The Labute approximate surface area is 389 Å². The molecule has 6 rings (SSSR count). The van der Waals surface area contributed by atoms with Crippen LogP contribution in [0.5, 0.6) is 0 Å². The molecule has 1 aromatic heterocycles. The van der Waals surface area contributed by atoms with Crippen molar-refractivity contribution in [2.24, 2.45) is 11.8 Å². The first-order valence-corrected chi connectivity index (χ1v) is 23.4. The van der Waals surface area contributed by atoms with Gasteiger partial charge in [-0.2, -0.15) is 0 Å². The lowest BCUT2D eigenvalue weighted by molar-refractivity contribution is -0.295. The number of unbranched alkanes of at least 4 members (excludes halogenated alkanes) is 1. The number of ether oxygens (including phenoxy) is 5. The lowest BCUT2D eigenvalue weighted by Crippen LogP contribution is -2.62. The highest BCUT2D eigenvalue weighted by Gasteiger charge is 2.61. The van der Waals surface area contributed by atoms with Crippen LogP contribution in [0.3, 0.4) is 0 Å². The molecule has 0 aliphatic carbocycles. The van der Waals surface area contributed by atoms with Crippen LogP contribution in [-0.4, -0.2) is 148 Å². The van der Waals surface area contributed by atoms with Gasteiger partial charge in [0.05, 0.1) is 30.0 Å². The summed E-state index contributed by atoms with van der Waals surface area (Å²) >= 11 is 0. The van der Waals surface area contributed by atoms with E-state index in [-0.39, 0.29) is 24.5 Å². The lowest BCUT2D eigenvalue weighted by atomic mass is 9.78. The van der Waals surface area contributed by atoms with E-state index in [1.165, 1.54) is 14.0 Å². The highest BCUT2D eigenvalue weighted by atomic mass is 19.1. The van der Waals surface area contributed by atoms with E-state index in [0.717, 1.165) is 18.1 Å². The summed E-state index contributed by atoms with van der Waals surface area (Å²) in [7, 11) is 5.22. The Morgan fingerprint density at radius 3 is 2.41 bits per heavy atom. The first kappa shape index (κ1) is 50.9. The number of rotatable bonds is 13. The van der Waals surface area contributed by atoms with Crippen LogP contribution < -0.4 is 11.1 Å². The van der Waals surface area contributed by atoms with Crippen molar-refractivity contribution < 1.29 is 47.6 Å². The molecule has 0 spiro atoms. The van der Waals surface area contributed by atoms with Crippen molar-refractivity contribution in [3.05, 3.63) is 66.4 Å². The van der Waals surface area contributed by atoms with Crippen LogP contribution in [0.15, 0.2) is 60.8 Å². The molecule has 13 atom stereocenters. The summed E-state index contributed by atoms with van der Waals surface area (Å²) in [5.41, 5.74) is 3.26. The lowest BCUT2D eigenvalue weighted by Gasteiger charge is -2.47. The second-order valence-corrected chi connectivity index (χ2v) is 19.5. The average molecular weight is 922 g/mol. The Bertz CT molecular complexity index is 2110. The Morgan fingerprint density at radius 1 is 1.03 bits per heavy atom. The van der Waals surface area contributed by atoms with Crippen molar-refractivity contribution in [2.45, 2.75) is 159 Å². The number of nitrogens with one attached hydrogen (secondary N) is 1. The normalized spacial score (nSPS) is 34.9. The molecule has 3 fully saturated rings. The number of alkyl halides is 1. The number of hydrogen-bond donors (Lipinski definition) is 3. The Morgan fingerprint density at radius 2 is 1.74 bits per heavy atom. The van der Waals surface area contributed by atoms with Crippen LogP contribution in [-0.2, 0) is 46.2 Å². The molecule has 3 aliphatic heterocycles. The predicted molar refractivity (Wildman–Crippen MR) is 247 cm³/mol. The number of anilines is 1. The van der Waals surface area contributed by atoms with Gasteiger partial charge in [-0.1, -0.05) is 68.4 Å². The molecular formula is C49H72FN7O9. The number of halogens is 1. The fourth-order valence-corrected chi connectivity index (χ4v) is 10.3. The molecule has 4 N–H and O–H groups in total. The summed E-state index contributed by atoms with van der Waals surface area (Å²) in [6.45, 7) is 12.9. The standard InChI is InChI=1S/C49H72FN7O9/c1-11-39-49(7)41(57(46(61)66-49)23-16-15-22-56-29-37(53-54-56)34-20-17-21-35(51)26-34)36(25-33-18-13-12-14-19-33)52-28-30(2)27-47(5,62-10)43(32(4)42(59)48(6,50)45(60)64-39)65-44-40(58)38(55(8)9)24-31(3)63-44/h12-14,17-21,26,29-32,36,38-41,43-44,52,58H,11,15-16,22-25,27-28,51H2,1-10H3/t30-,31-,32+,36-,38?,39-,40?,41-,43-,44+,47-,48+,49-/m1/s1. The summed E-state index contributed by atoms with van der Waals surface area (Å²) in [6, 6.07) is 15.8. The van der Waals surface area contributed by atoms with E-state index in [2.05, 4.69) is 15.6 Å². The maximum absolute atomic E-state index is 17.3. The summed E-state index contributed by atoms with van der Waals surface area (Å²) in [5, 5.41) is 24.0. The number of carbonyl (C=O) groups is 3. The topological polar surface area (TPSA) is 193 Å². The number of hydrogen-bond acceptors (Lipinski definition) is 14. The van der Waals surface area contributed by atoms with E-state index in [0.29, 0.717) is 63.1 Å². The molecule has 2 unspecified atom stereocenters. The molecule has 364 valence electrons. The highest BCUT2D eigenvalue weighted by Crippen LogP contribution is 2.41. The number of likely N-dealkylation sites (N-methyl/N-ethyl adjacent to an activating group) is 1. The van der Waals surface area contributed by atoms with Gasteiger partial charge in [-0.25, -0.2) is 14.0 Å². The Kier molecular flexibility index (Phi) is 16.3. The average Bonchev–Trinajstić information content (AvgIpc) is 3.86. The number of esters is 1. The summed E-state index contributed by atoms with van der Waals surface area (Å²) < 4.78 is 50.4. The minimum Gasteiger partial charge on any atom is -0.455 e. The van der Waals surface area contributed by atoms with Gasteiger partial charge in [0.15, 0.2) is 17.7 Å². The molecule has 3 saturated heterocycles. The van der Waals surface area contributed by atoms with Gasteiger partial charge in [0.1, 0.15) is 17.9 Å². The molecule has 4 heterocycles. The minimum absolute atomic E-state index is 0.144. The third-order valence-corrected chi connectivity index (χ3v) is 14.0. The maximum Gasteiger partial charge on any atom is 0.410 e. The molecule has 17 heteroatoms. The van der Waals surface area contributed by atoms with Crippen molar-refractivity contribution in [1.29, 1.82) is 0 Å².